The molecule has 142 valence electrons. The van der Waals surface area contributed by atoms with Crippen LogP contribution in [0.1, 0.15) is 59.7 Å². The van der Waals surface area contributed by atoms with Gasteiger partial charge in [-0.2, -0.15) is 5.10 Å². The average Bonchev–Trinajstić information content (AvgIpc) is 2.87. The summed E-state index contributed by atoms with van der Waals surface area (Å²) in [5.74, 6) is 1.18. The van der Waals surface area contributed by atoms with Gasteiger partial charge < -0.3 is 10.1 Å². The third kappa shape index (κ3) is 4.87. The van der Waals surface area contributed by atoms with Crippen LogP contribution in [0.5, 0.6) is 5.75 Å². The number of ether oxygens (including phenoxy) is 1. The summed E-state index contributed by atoms with van der Waals surface area (Å²) >= 11 is 0. The van der Waals surface area contributed by atoms with E-state index in [2.05, 4.69) is 37.3 Å². The Labute approximate surface area is 156 Å². The first kappa shape index (κ1) is 20.0. The number of carbonyl (C=O) groups is 1. The van der Waals surface area contributed by atoms with Crippen LogP contribution >= 0.6 is 0 Å². The molecule has 0 radical (unpaired) electrons. The van der Waals surface area contributed by atoms with Gasteiger partial charge in [-0.3, -0.25) is 4.79 Å². The van der Waals surface area contributed by atoms with E-state index >= 15 is 0 Å². The Morgan fingerprint density at radius 1 is 1.15 bits per heavy atom. The Bertz CT molecular complexity index is 779. The Morgan fingerprint density at radius 3 is 2.38 bits per heavy atom. The highest BCUT2D eigenvalue weighted by Gasteiger charge is 2.23. The Kier molecular flexibility index (Phi) is 5.49. The van der Waals surface area contributed by atoms with Crippen molar-refractivity contribution in [3.05, 3.63) is 41.6 Å². The molecule has 0 saturated heterocycles. The van der Waals surface area contributed by atoms with E-state index in [9.17, 15) is 4.79 Å². The molecule has 2 rings (SSSR count). The molecule has 5 nitrogen and oxygen atoms in total. The van der Waals surface area contributed by atoms with Crippen LogP contribution in [-0.2, 0) is 15.7 Å². The highest BCUT2D eigenvalue weighted by molar-refractivity contribution is 5.93. The summed E-state index contributed by atoms with van der Waals surface area (Å²) < 4.78 is 7.70. The summed E-state index contributed by atoms with van der Waals surface area (Å²) in [7, 11) is 0. The molecule has 1 aromatic heterocycles. The number of nitrogens with one attached hydrogen (secondary N) is 1. The molecule has 1 unspecified atom stereocenters. The minimum Gasteiger partial charge on any atom is -0.481 e. The number of benzene rings is 1. The van der Waals surface area contributed by atoms with Crippen molar-refractivity contribution in [2.24, 2.45) is 0 Å². The quantitative estimate of drug-likeness (QED) is 0.866. The minimum atomic E-state index is -0.617. The Balaban J connectivity index is 2.12. The van der Waals surface area contributed by atoms with Gasteiger partial charge in [0.25, 0.3) is 5.91 Å². The molecule has 0 bridgehead atoms. The molecular formula is C21H31N3O2. The lowest BCUT2D eigenvalue weighted by atomic mass is 9.87. The fourth-order valence-electron chi connectivity index (χ4n) is 2.62. The minimum absolute atomic E-state index is 0.0294. The zero-order valence-electron chi connectivity index (χ0n) is 17.2. The largest absolute Gasteiger partial charge is 0.481 e. The fraction of sp³-hybridized carbons (Fsp3) is 0.524. The monoisotopic (exact) mass is 357 g/mol. The van der Waals surface area contributed by atoms with Crippen LogP contribution in [0.3, 0.4) is 0 Å². The second-order valence-corrected chi connectivity index (χ2v) is 8.78. The second-order valence-electron chi connectivity index (χ2n) is 8.78. The Hall–Kier alpha value is -2.30. The number of aromatic nitrogens is 2. The van der Waals surface area contributed by atoms with Crippen molar-refractivity contribution >= 4 is 11.7 Å². The highest BCUT2D eigenvalue weighted by Crippen LogP contribution is 2.26. The van der Waals surface area contributed by atoms with Crippen molar-refractivity contribution in [1.82, 2.24) is 9.78 Å². The van der Waals surface area contributed by atoms with E-state index in [1.807, 2.05) is 56.6 Å². The van der Waals surface area contributed by atoms with Crippen molar-refractivity contribution in [1.29, 1.82) is 0 Å². The number of hydrogen-bond acceptors (Lipinski definition) is 3. The van der Waals surface area contributed by atoms with Crippen LogP contribution in [0, 0.1) is 6.92 Å². The van der Waals surface area contributed by atoms with Gasteiger partial charge in [-0.25, -0.2) is 4.68 Å². The molecule has 1 amide bonds. The van der Waals surface area contributed by atoms with Crippen molar-refractivity contribution in [3.8, 4) is 5.75 Å². The summed E-state index contributed by atoms with van der Waals surface area (Å²) in [6.45, 7) is 16.3. The number of amides is 1. The molecule has 0 fully saturated rings. The topological polar surface area (TPSA) is 56.1 Å². The van der Waals surface area contributed by atoms with Gasteiger partial charge in [-0.1, -0.05) is 32.9 Å². The van der Waals surface area contributed by atoms with Crippen LogP contribution in [-0.4, -0.2) is 21.8 Å². The lowest BCUT2D eigenvalue weighted by Crippen LogP contribution is -2.33. The lowest BCUT2D eigenvalue weighted by Gasteiger charge is -2.23. The summed E-state index contributed by atoms with van der Waals surface area (Å²) in [6.07, 6.45) is -0.617. The van der Waals surface area contributed by atoms with Gasteiger partial charge in [0.15, 0.2) is 6.10 Å². The molecule has 0 aliphatic heterocycles. The summed E-state index contributed by atoms with van der Waals surface area (Å²) in [6, 6.07) is 9.77. The van der Waals surface area contributed by atoms with Gasteiger partial charge in [0, 0.05) is 6.07 Å². The van der Waals surface area contributed by atoms with Gasteiger partial charge in [-0.15, -0.1) is 0 Å². The van der Waals surface area contributed by atoms with E-state index in [4.69, 9.17) is 4.74 Å². The summed E-state index contributed by atoms with van der Waals surface area (Å²) in [5.41, 5.74) is 1.84. The van der Waals surface area contributed by atoms with Crippen LogP contribution in [0.15, 0.2) is 30.3 Å². The van der Waals surface area contributed by atoms with Crippen LogP contribution in [0.2, 0.25) is 0 Å². The Morgan fingerprint density at radius 2 is 1.81 bits per heavy atom. The molecule has 1 heterocycles. The zero-order valence-corrected chi connectivity index (χ0v) is 17.2. The van der Waals surface area contributed by atoms with Gasteiger partial charge >= 0.3 is 0 Å². The van der Waals surface area contributed by atoms with Crippen molar-refractivity contribution in [2.45, 2.75) is 72.4 Å². The summed E-state index contributed by atoms with van der Waals surface area (Å²) in [4.78, 5) is 12.6. The van der Waals surface area contributed by atoms with E-state index in [0.717, 1.165) is 5.69 Å². The molecule has 0 aliphatic rings. The van der Waals surface area contributed by atoms with E-state index < -0.39 is 6.10 Å². The summed E-state index contributed by atoms with van der Waals surface area (Å²) in [5, 5.41) is 7.42. The van der Waals surface area contributed by atoms with Crippen LogP contribution in [0.25, 0.3) is 0 Å². The van der Waals surface area contributed by atoms with Gasteiger partial charge in [-0.05, 0) is 57.7 Å². The molecule has 26 heavy (non-hydrogen) atoms. The number of hydrogen-bond donors (Lipinski definition) is 1. The molecule has 0 spiro atoms. The van der Waals surface area contributed by atoms with Crippen LogP contribution < -0.4 is 10.1 Å². The molecule has 0 aliphatic carbocycles. The molecule has 5 heteroatoms. The van der Waals surface area contributed by atoms with E-state index in [1.165, 1.54) is 5.56 Å². The third-order valence-corrected chi connectivity index (χ3v) is 4.10. The smallest absolute Gasteiger partial charge is 0.266 e. The standard InChI is InChI=1S/C21H31N3O2/c1-14-12-18(24(23-14)21(6,7)8)22-19(25)15(2)26-17-11-9-10-16(13-17)20(3,4)5/h9-13,15H,1-8H3,(H,22,25). The lowest BCUT2D eigenvalue weighted by molar-refractivity contribution is -0.122. The fourth-order valence-corrected chi connectivity index (χ4v) is 2.62. The van der Waals surface area contributed by atoms with Gasteiger partial charge in [0.05, 0.1) is 11.2 Å². The number of rotatable bonds is 4. The van der Waals surface area contributed by atoms with Crippen molar-refractivity contribution in [3.63, 3.8) is 0 Å². The average molecular weight is 357 g/mol. The molecule has 2 aromatic rings. The highest BCUT2D eigenvalue weighted by atomic mass is 16.5. The molecule has 1 atom stereocenters. The predicted molar refractivity (Wildman–Crippen MR) is 106 cm³/mol. The maximum Gasteiger partial charge on any atom is 0.266 e. The number of carbonyl (C=O) groups excluding carboxylic acids is 1. The first-order valence-electron chi connectivity index (χ1n) is 9.03. The zero-order chi connectivity index (χ0) is 19.7. The van der Waals surface area contributed by atoms with E-state index in [0.29, 0.717) is 11.6 Å². The first-order valence-corrected chi connectivity index (χ1v) is 9.03. The molecular weight excluding hydrogens is 326 g/mol. The number of anilines is 1. The normalized spacial score (nSPS) is 13.4. The molecule has 1 aromatic carbocycles. The van der Waals surface area contributed by atoms with Crippen molar-refractivity contribution in [2.75, 3.05) is 5.32 Å². The van der Waals surface area contributed by atoms with E-state index in [1.54, 1.807) is 6.92 Å². The van der Waals surface area contributed by atoms with Crippen molar-refractivity contribution < 1.29 is 9.53 Å². The second kappa shape index (κ2) is 7.14. The number of nitrogens with zero attached hydrogens (tertiary/aromatic N) is 2. The van der Waals surface area contributed by atoms with Gasteiger partial charge in [0.1, 0.15) is 11.6 Å². The molecule has 1 N–H and O–H groups in total. The first-order chi connectivity index (χ1) is 11.9. The molecule has 0 saturated carbocycles. The van der Waals surface area contributed by atoms with Crippen LogP contribution in [0.4, 0.5) is 5.82 Å². The van der Waals surface area contributed by atoms with E-state index in [-0.39, 0.29) is 16.9 Å². The SMILES string of the molecule is Cc1cc(NC(=O)C(C)Oc2cccc(C(C)(C)C)c2)n(C(C)(C)C)n1. The number of aryl methyl sites for hydroxylation is 1. The predicted octanol–water partition coefficient (Wildman–Crippen LogP) is 4.65. The maximum atomic E-state index is 12.6. The third-order valence-electron chi connectivity index (χ3n) is 4.10. The maximum absolute atomic E-state index is 12.6. The van der Waals surface area contributed by atoms with Gasteiger partial charge in [0.2, 0.25) is 0 Å².